The Hall–Kier alpha value is -1.15. The van der Waals surface area contributed by atoms with Crippen LogP contribution < -0.4 is 0 Å². The van der Waals surface area contributed by atoms with Gasteiger partial charge in [-0.2, -0.15) is 0 Å². The first-order valence-corrected chi connectivity index (χ1v) is 3.78. The third-order valence-electron chi connectivity index (χ3n) is 1.52. The predicted octanol–water partition coefficient (Wildman–Crippen LogP) is 1.34. The van der Waals surface area contributed by atoms with Gasteiger partial charge >= 0.3 is 0 Å². The smallest absolute Gasteiger partial charge is 0.106 e. The average molecular weight is 166 g/mol. The number of hydrogen-bond acceptors (Lipinski definition) is 2. The van der Waals surface area contributed by atoms with E-state index in [1.807, 2.05) is 18.9 Å². The fourth-order valence-corrected chi connectivity index (χ4v) is 0.884. The van der Waals surface area contributed by atoms with Gasteiger partial charge in [0.2, 0.25) is 0 Å². The van der Waals surface area contributed by atoms with Crippen molar-refractivity contribution in [2.45, 2.75) is 13.3 Å². The molecule has 1 rings (SSSR count). The Morgan fingerprint density at radius 2 is 1.75 bits per heavy atom. The molecule has 12 heavy (non-hydrogen) atoms. The number of rotatable bonds is 2. The summed E-state index contributed by atoms with van der Waals surface area (Å²) in [5.74, 6) is 0. The van der Waals surface area contributed by atoms with Crippen molar-refractivity contribution in [2.24, 2.45) is 0 Å². The molecule has 2 nitrogen and oxygen atoms in total. The molecule has 2 heteroatoms. The summed E-state index contributed by atoms with van der Waals surface area (Å²) in [4.78, 5) is 8.00. The molecule has 0 aliphatic rings. The molecule has 1 aromatic rings. The normalized spacial score (nSPS) is 8.50. The maximum Gasteiger partial charge on any atom is 0.106 e. The third kappa shape index (κ3) is 3.88. The van der Waals surface area contributed by atoms with Crippen LogP contribution in [0.3, 0.4) is 0 Å². The summed E-state index contributed by atoms with van der Waals surface area (Å²) in [7, 11) is 0. The van der Waals surface area contributed by atoms with E-state index in [2.05, 4.69) is 19.1 Å². The second kappa shape index (κ2) is 6.55. The molecule has 0 bridgehead atoms. The topological polar surface area (TPSA) is 37.3 Å². The summed E-state index contributed by atoms with van der Waals surface area (Å²) >= 11 is 0. The van der Waals surface area contributed by atoms with E-state index in [1.165, 1.54) is 11.1 Å². The number of aliphatic hydroxyl groups is 1. The van der Waals surface area contributed by atoms with Gasteiger partial charge in [0.15, 0.2) is 0 Å². The highest BCUT2D eigenvalue weighted by atomic mass is 16.2. The van der Waals surface area contributed by atoms with Crippen molar-refractivity contribution in [3.05, 3.63) is 35.4 Å². The van der Waals surface area contributed by atoms with Gasteiger partial charge in [0.1, 0.15) is 6.79 Å². The second-order valence-electron chi connectivity index (χ2n) is 2.46. The summed E-state index contributed by atoms with van der Waals surface area (Å²) < 4.78 is 0. The van der Waals surface area contributed by atoms with Crippen LogP contribution in [-0.4, -0.2) is 18.5 Å². The standard InChI is InChI=1S/C9H12O.CH2O/c1-8-2-4-9(5-3-8)6-7-10;1-2/h2-5,10H,6-7H2,1H3;1H2. The third-order valence-corrected chi connectivity index (χ3v) is 1.52. The van der Waals surface area contributed by atoms with E-state index >= 15 is 0 Å². The maximum absolute atomic E-state index is 8.59. The van der Waals surface area contributed by atoms with E-state index in [-0.39, 0.29) is 6.61 Å². The fourth-order valence-electron chi connectivity index (χ4n) is 0.884. The van der Waals surface area contributed by atoms with Crippen molar-refractivity contribution in [3.63, 3.8) is 0 Å². The molecule has 0 aliphatic carbocycles. The monoisotopic (exact) mass is 166 g/mol. The Morgan fingerprint density at radius 1 is 1.25 bits per heavy atom. The zero-order valence-corrected chi connectivity index (χ0v) is 7.29. The van der Waals surface area contributed by atoms with Crippen molar-refractivity contribution in [1.82, 2.24) is 0 Å². The number of aryl methyl sites for hydroxylation is 1. The van der Waals surface area contributed by atoms with Crippen LogP contribution in [-0.2, 0) is 11.2 Å². The SMILES string of the molecule is C=O.Cc1ccc(CCO)cc1. The summed E-state index contributed by atoms with van der Waals surface area (Å²) in [6, 6.07) is 8.22. The van der Waals surface area contributed by atoms with Crippen molar-refractivity contribution in [1.29, 1.82) is 0 Å². The van der Waals surface area contributed by atoms with Gasteiger partial charge in [0.05, 0.1) is 0 Å². The molecule has 1 aromatic carbocycles. The minimum absolute atomic E-state index is 0.239. The highest BCUT2D eigenvalue weighted by Crippen LogP contribution is 2.02. The first kappa shape index (κ1) is 10.8. The van der Waals surface area contributed by atoms with Gasteiger partial charge in [-0.1, -0.05) is 29.8 Å². The van der Waals surface area contributed by atoms with Crippen LogP contribution in [0.2, 0.25) is 0 Å². The lowest BCUT2D eigenvalue weighted by molar-refractivity contribution is -0.0979. The number of carbonyl (C=O) groups excluding carboxylic acids is 1. The van der Waals surface area contributed by atoms with E-state index in [0.29, 0.717) is 0 Å². The van der Waals surface area contributed by atoms with Gasteiger partial charge in [0, 0.05) is 6.61 Å². The fraction of sp³-hybridized carbons (Fsp3) is 0.300. The molecule has 0 heterocycles. The predicted molar refractivity (Wildman–Crippen MR) is 49.1 cm³/mol. The molecule has 0 fully saturated rings. The Balaban J connectivity index is 0.000000561. The highest BCUT2D eigenvalue weighted by Gasteiger charge is 1.88. The molecule has 0 unspecified atom stereocenters. The van der Waals surface area contributed by atoms with Gasteiger partial charge in [-0.05, 0) is 18.9 Å². The number of aliphatic hydroxyl groups excluding tert-OH is 1. The molecular weight excluding hydrogens is 152 g/mol. The van der Waals surface area contributed by atoms with Gasteiger partial charge in [-0.3, -0.25) is 0 Å². The summed E-state index contributed by atoms with van der Waals surface area (Å²) in [5, 5.41) is 8.59. The van der Waals surface area contributed by atoms with Crippen molar-refractivity contribution in [2.75, 3.05) is 6.61 Å². The van der Waals surface area contributed by atoms with E-state index in [1.54, 1.807) is 0 Å². The van der Waals surface area contributed by atoms with Crippen LogP contribution >= 0.6 is 0 Å². The van der Waals surface area contributed by atoms with Crippen LogP contribution in [0.1, 0.15) is 11.1 Å². The lowest BCUT2D eigenvalue weighted by Gasteiger charge is -1.96. The molecule has 0 atom stereocenters. The van der Waals surface area contributed by atoms with Gasteiger partial charge < -0.3 is 9.90 Å². The highest BCUT2D eigenvalue weighted by molar-refractivity contribution is 5.21. The summed E-state index contributed by atoms with van der Waals surface area (Å²) in [5.41, 5.74) is 2.47. The molecule has 0 aliphatic heterocycles. The minimum Gasteiger partial charge on any atom is -0.396 e. The number of hydrogen-bond donors (Lipinski definition) is 1. The van der Waals surface area contributed by atoms with Crippen LogP contribution in [0.4, 0.5) is 0 Å². The minimum atomic E-state index is 0.239. The van der Waals surface area contributed by atoms with E-state index in [4.69, 9.17) is 9.90 Å². The Kier molecular flexibility index (Phi) is 5.93. The molecule has 1 N–H and O–H groups in total. The van der Waals surface area contributed by atoms with Crippen LogP contribution in [0.15, 0.2) is 24.3 Å². The Bertz CT molecular complexity index is 204. The second-order valence-corrected chi connectivity index (χ2v) is 2.46. The van der Waals surface area contributed by atoms with Crippen molar-refractivity contribution in [3.8, 4) is 0 Å². The van der Waals surface area contributed by atoms with E-state index in [9.17, 15) is 0 Å². The Morgan fingerprint density at radius 3 is 2.17 bits per heavy atom. The molecule has 0 saturated heterocycles. The molecule has 0 saturated carbocycles. The lowest BCUT2D eigenvalue weighted by Crippen LogP contribution is -1.89. The number of carbonyl (C=O) groups is 1. The first-order valence-electron chi connectivity index (χ1n) is 3.78. The van der Waals surface area contributed by atoms with Crippen molar-refractivity contribution < 1.29 is 9.90 Å². The molecule has 66 valence electrons. The molecule has 0 radical (unpaired) electrons. The van der Waals surface area contributed by atoms with Gasteiger partial charge in [-0.15, -0.1) is 0 Å². The quantitative estimate of drug-likeness (QED) is 0.720. The van der Waals surface area contributed by atoms with E-state index in [0.717, 1.165) is 6.42 Å². The zero-order chi connectivity index (χ0) is 9.40. The van der Waals surface area contributed by atoms with Crippen LogP contribution in [0, 0.1) is 6.92 Å². The molecular formula is C10H14O2. The maximum atomic E-state index is 8.59. The lowest BCUT2D eigenvalue weighted by atomic mass is 10.1. The van der Waals surface area contributed by atoms with Gasteiger partial charge in [0.25, 0.3) is 0 Å². The summed E-state index contributed by atoms with van der Waals surface area (Å²) in [6.45, 7) is 4.30. The van der Waals surface area contributed by atoms with Gasteiger partial charge in [-0.25, -0.2) is 0 Å². The first-order chi connectivity index (χ1) is 5.83. The van der Waals surface area contributed by atoms with Crippen LogP contribution in [0.5, 0.6) is 0 Å². The average Bonchev–Trinajstić information content (AvgIpc) is 2.13. The number of benzene rings is 1. The zero-order valence-electron chi connectivity index (χ0n) is 7.29. The Labute approximate surface area is 72.9 Å². The van der Waals surface area contributed by atoms with E-state index < -0.39 is 0 Å². The van der Waals surface area contributed by atoms with Crippen molar-refractivity contribution >= 4 is 6.79 Å². The largest absolute Gasteiger partial charge is 0.396 e. The molecule has 0 amide bonds. The van der Waals surface area contributed by atoms with Crippen LogP contribution in [0.25, 0.3) is 0 Å². The summed E-state index contributed by atoms with van der Waals surface area (Å²) in [6.07, 6.45) is 0.764. The molecule has 0 aromatic heterocycles. The molecule has 0 spiro atoms.